The van der Waals surface area contributed by atoms with Gasteiger partial charge in [-0.2, -0.15) is 0 Å². The molecule has 18 heavy (non-hydrogen) atoms. The van der Waals surface area contributed by atoms with Crippen LogP contribution in [-0.4, -0.2) is 30.4 Å². The molecule has 1 aliphatic heterocycles. The summed E-state index contributed by atoms with van der Waals surface area (Å²) >= 11 is 7.42. The molecule has 0 spiro atoms. The maximum Gasteiger partial charge on any atom is 0.222 e. The Kier molecular flexibility index (Phi) is 4.30. The average Bonchev–Trinajstić information content (AvgIpc) is 2.94. The molecular formula is C13H19ClN2OS. The van der Waals surface area contributed by atoms with Crippen molar-refractivity contribution < 1.29 is 4.79 Å². The van der Waals surface area contributed by atoms with Gasteiger partial charge in [-0.3, -0.25) is 4.79 Å². The third-order valence-electron chi connectivity index (χ3n) is 3.62. The fourth-order valence-corrected chi connectivity index (χ4v) is 3.36. The molecule has 0 radical (unpaired) electrons. The lowest BCUT2D eigenvalue weighted by Gasteiger charge is -2.22. The first kappa shape index (κ1) is 13.8. The molecule has 3 nitrogen and oxygen atoms in total. The first-order chi connectivity index (χ1) is 8.52. The van der Waals surface area contributed by atoms with Crippen molar-refractivity contribution in [3.63, 3.8) is 0 Å². The van der Waals surface area contributed by atoms with Gasteiger partial charge in [-0.1, -0.05) is 18.5 Å². The van der Waals surface area contributed by atoms with E-state index < -0.39 is 0 Å². The van der Waals surface area contributed by atoms with E-state index in [4.69, 9.17) is 17.3 Å². The first-order valence-electron chi connectivity index (χ1n) is 6.24. The van der Waals surface area contributed by atoms with Crippen molar-refractivity contribution in [2.45, 2.75) is 26.2 Å². The van der Waals surface area contributed by atoms with Crippen LogP contribution < -0.4 is 5.73 Å². The number of amides is 1. The highest BCUT2D eigenvalue weighted by Gasteiger charge is 2.34. The number of carbonyl (C=O) groups is 1. The second-order valence-corrected chi connectivity index (χ2v) is 7.09. The first-order valence-corrected chi connectivity index (χ1v) is 7.44. The third-order valence-corrected chi connectivity index (χ3v) is 4.91. The monoisotopic (exact) mass is 286 g/mol. The Balaban J connectivity index is 1.82. The number of halogens is 1. The molecule has 2 N–H and O–H groups in total. The summed E-state index contributed by atoms with van der Waals surface area (Å²) in [5, 5.41) is 0. The number of hydrogen-bond acceptors (Lipinski definition) is 3. The average molecular weight is 287 g/mol. The van der Waals surface area contributed by atoms with Crippen LogP contribution in [0.4, 0.5) is 0 Å². The molecule has 1 fully saturated rings. The Bertz CT molecular complexity index is 434. The topological polar surface area (TPSA) is 46.3 Å². The normalized spacial score (nSPS) is 23.6. The van der Waals surface area contributed by atoms with Crippen LogP contribution in [-0.2, 0) is 11.2 Å². The predicted octanol–water partition coefficient (Wildman–Crippen LogP) is 2.53. The van der Waals surface area contributed by atoms with Crippen molar-refractivity contribution in [3.8, 4) is 0 Å². The Morgan fingerprint density at radius 3 is 2.94 bits per heavy atom. The van der Waals surface area contributed by atoms with Gasteiger partial charge in [-0.15, -0.1) is 11.3 Å². The molecule has 2 rings (SSSR count). The Morgan fingerprint density at radius 2 is 2.39 bits per heavy atom. The maximum absolute atomic E-state index is 12.1. The van der Waals surface area contributed by atoms with Gasteiger partial charge < -0.3 is 10.6 Å². The van der Waals surface area contributed by atoms with Crippen molar-refractivity contribution in [2.75, 3.05) is 19.6 Å². The lowest BCUT2D eigenvalue weighted by Crippen LogP contribution is -2.34. The van der Waals surface area contributed by atoms with Gasteiger partial charge in [0.25, 0.3) is 0 Å². The van der Waals surface area contributed by atoms with E-state index in [1.54, 1.807) is 11.3 Å². The minimum Gasteiger partial charge on any atom is -0.342 e. The maximum atomic E-state index is 12.1. The largest absolute Gasteiger partial charge is 0.342 e. The lowest BCUT2D eigenvalue weighted by atomic mass is 9.90. The Labute approximate surface area is 117 Å². The van der Waals surface area contributed by atoms with Gasteiger partial charge in [-0.25, -0.2) is 0 Å². The molecule has 0 bridgehead atoms. The van der Waals surface area contributed by atoms with Gasteiger partial charge in [0, 0.05) is 24.4 Å². The van der Waals surface area contributed by atoms with E-state index >= 15 is 0 Å². The van der Waals surface area contributed by atoms with Crippen LogP contribution >= 0.6 is 22.9 Å². The van der Waals surface area contributed by atoms with Crippen LogP contribution in [0, 0.1) is 5.41 Å². The molecule has 1 aromatic heterocycles. The van der Waals surface area contributed by atoms with Crippen LogP contribution in [0.15, 0.2) is 12.1 Å². The number of nitrogens with zero attached hydrogens (tertiary/aromatic N) is 1. The minimum atomic E-state index is 0.113. The van der Waals surface area contributed by atoms with E-state index in [0.29, 0.717) is 13.0 Å². The lowest BCUT2D eigenvalue weighted by molar-refractivity contribution is -0.130. The van der Waals surface area contributed by atoms with Gasteiger partial charge in [-0.05, 0) is 36.9 Å². The zero-order chi connectivity index (χ0) is 13.2. The Morgan fingerprint density at radius 1 is 1.61 bits per heavy atom. The molecule has 1 saturated heterocycles. The van der Waals surface area contributed by atoms with E-state index in [0.717, 1.165) is 30.3 Å². The third kappa shape index (κ3) is 3.25. The summed E-state index contributed by atoms with van der Waals surface area (Å²) < 4.78 is 0.786. The molecule has 1 amide bonds. The molecule has 0 aromatic carbocycles. The van der Waals surface area contributed by atoms with Gasteiger partial charge >= 0.3 is 0 Å². The van der Waals surface area contributed by atoms with Crippen LogP contribution in [0.1, 0.15) is 24.6 Å². The molecule has 1 unspecified atom stereocenters. The Hall–Kier alpha value is -0.580. The molecule has 100 valence electrons. The standard InChI is InChI=1S/C13H19ClN2OS/c1-13(8-15)6-7-16(9-13)12(17)5-3-10-2-4-11(14)18-10/h2,4H,3,5-9,15H2,1H3. The van der Waals surface area contributed by atoms with Gasteiger partial charge in [0.2, 0.25) is 5.91 Å². The fourth-order valence-electron chi connectivity index (χ4n) is 2.28. The smallest absolute Gasteiger partial charge is 0.222 e. The van der Waals surface area contributed by atoms with Crippen molar-refractivity contribution in [1.82, 2.24) is 4.90 Å². The summed E-state index contributed by atoms with van der Waals surface area (Å²) in [6, 6.07) is 3.88. The molecule has 1 atom stereocenters. The molecule has 2 heterocycles. The second kappa shape index (κ2) is 5.59. The number of aryl methyl sites for hydroxylation is 1. The molecule has 1 aromatic rings. The van der Waals surface area contributed by atoms with Crippen molar-refractivity contribution in [3.05, 3.63) is 21.3 Å². The molecule has 5 heteroatoms. The summed E-state index contributed by atoms with van der Waals surface area (Å²) in [5.41, 5.74) is 5.86. The molecule has 0 aliphatic carbocycles. The number of thiophene rings is 1. The molecular weight excluding hydrogens is 268 g/mol. The zero-order valence-corrected chi connectivity index (χ0v) is 12.2. The highest BCUT2D eigenvalue weighted by atomic mass is 35.5. The summed E-state index contributed by atoms with van der Waals surface area (Å²) in [7, 11) is 0. The van der Waals surface area contributed by atoms with Crippen LogP contribution in [0.5, 0.6) is 0 Å². The zero-order valence-electron chi connectivity index (χ0n) is 10.6. The predicted molar refractivity (Wildman–Crippen MR) is 76.0 cm³/mol. The second-order valence-electron chi connectivity index (χ2n) is 5.29. The highest BCUT2D eigenvalue weighted by molar-refractivity contribution is 7.16. The number of carbonyl (C=O) groups excluding carboxylic acids is 1. The van der Waals surface area contributed by atoms with E-state index in [9.17, 15) is 4.79 Å². The number of rotatable bonds is 4. The van der Waals surface area contributed by atoms with Gasteiger partial charge in [0.05, 0.1) is 4.34 Å². The summed E-state index contributed by atoms with van der Waals surface area (Å²) in [6.07, 6.45) is 2.36. The van der Waals surface area contributed by atoms with Crippen LogP contribution in [0.2, 0.25) is 4.34 Å². The van der Waals surface area contributed by atoms with E-state index in [1.165, 1.54) is 4.88 Å². The molecule has 0 saturated carbocycles. The molecule has 1 aliphatic rings. The number of likely N-dealkylation sites (tertiary alicyclic amines) is 1. The fraction of sp³-hybridized carbons (Fsp3) is 0.615. The van der Waals surface area contributed by atoms with E-state index in [-0.39, 0.29) is 11.3 Å². The van der Waals surface area contributed by atoms with Gasteiger partial charge in [0.15, 0.2) is 0 Å². The van der Waals surface area contributed by atoms with Crippen LogP contribution in [0.25, 0.3) is 0 Å². The summed E-state index contributed by atoms with van der Waals surface area (Å²) in [5.74, 6) is 0.233. The summed E-state index contributed by atoms with van der Waals surface area (Å²) in [4.78, 5) is 15.2. The highest BCUT2D eigenvalue weighted by Crippen LogP contribution is 2.29. The minimum absolute atomic E-state index is 0.113. The van der Waals surface area contributed by atoms with Gasteiger partial charge in [0.1, 0.15) is 0 Å². The van der Waals surface area contributed by atoms with Crippen molar-refractivity contribution in [1.29, 1.82) is 0 Å². The number of hydrogen-bond donors (Lipinski definition) is 1. The van der Waals surface area contributed by atoms with Crippen molar-refractivity contribution >= 4 is 28.8 Å². The number of nitrogens with two attached hydrogens (primary N) is 1. The van der Waals surface area contributed by atoms with E-state index in [1.807, 2.05) is 17.0 Å². The summed E-state index contributed by atoms with van der Waals surface area (Å²) in [6.45, 7) is 4.45. The van der Waals surface area contributed by atoms with Crippen molar-refractivity contribution in [2.24, 2.45) is 11.1 Å². The quantitative estimate of drug-likeness (QED) is 0.924. The van der Waals surface area contributed by atoms with Crippen LogP contribution in [0.3, 0.4) is 0 Å². The van der Waals surface area contributed by atoms with E-state index in [2.05, 4.69) is 6.92 Å². The SMILES string of the molecule is CC1(CN)CCN(C(=O)CCc2ccc(Cl)s2)C1.